The molecule has 0 aromatic carbocycles. The first-order valence-corrected chi connectivity index (χ1v) is 3.96. The second kappa shape index (κ2) is 15.7. The molecule has 0 saturated heterocycles. The summed E-state index contributed by atoms with van der Waals surface area (Å²) in [6, 6.07) is 0. The average molecular weight is 171 g/mol. The molecule has 0 aliphatic carbocycles. The lowest BCUT2D eigenvalue weighted by Gasteiger charge is -1.78. The van der Waals surface area contributed by atoms with Crippen LogP contribution in [0.1, 0.15) is 0 Å². The monoisotopic (exact) mass is 171 g/mol. The first kappa shape index (κ1) is 11.6. The molecular formula is C2H12N3P3. The predicted octanol–water partition coefficient (Wildman–Crippen LogP) is 1.04. The Hall–Kier alpha value is 0.880. The van der Waals surface area contributed by atoms with Gasteiger partial charge in [0.2, 0.25) is 0 Å². The molecule has 0 aromatic heterocycles. The number of rotatable bonds is 2. The van der Waals surface area contributed by atoms with Crippen molar-refractivity contribution in [2.24, 2.45) is 4.52 Å². The zero-order valence-corrected chi connectivity index (χ0v) is 8.18. The van der Waals surface area contributed by atoms with Crippen LogP contribution in [0.25, 0.3) is 0 Å². The maximum absolute atomic E-state index is 3.56. The molecule has 0 aliphatic rings. The third-order valence-corrected chi connectivity index (χ3v) is 1.08. The molecule has 0 heterocycles. The highest BCUT2D eigenvalue weighted by molar-refractivity contribution is 7.46. The molecule has 0 aliphatic heterocycles. The van der Waals surface area contributed by atoms with Crippen LogP contribution in [0.4, 0.5) is 0 Å². The van der Waals surface area contributed by atoms with E-state index in [0.29, 0.717) is 8.88 Å². The third kappa shape index (κ3) is 28.7. The summed E-state index contributed by atoms with van der Waals surface area (Å²) in [6.07, 6.45) is 0. The van der Waals surface area contributed by atoms with Gasteiger partial charge in [0, 0.05) is 0 Å². The second-order valence-electron chi connectivity index (χ2n) is 0.868. The molecule has 0 amide bonds. The van der Waals surface area contributed by atoms with E-state index in [1.807, 2.05) is 14.1 Å². The Kier molecular flexibility index (Phi) is 22.8. The molecule has 2 atom stereocenters. The van der Waals surface area contributed by atoms with Crippen molar-refractivity contribution in [1.82, 2.24) is 10.2 Å². The van der Waals surface area contributed by atoms with Crippen LogP contribution < -0.4 is 10.2 Å². The normalized spacial score (nSPS) is 8.38. The molecule has 3 nitrogen and oxygen atoms in total. The summed E-state index contributed by atoms with van der Waals surface area (Å²) in [4.78, 5) is 2.75. The maximum Gasteiger partial charge on any atom is 0.0795 e. The molecule has 6 heteroatoms. The van der Waals surface area contributed by atoms with E-state index >= 15 is 0 Å². The zero-order valence-electron chi connectivity index (χ0n) is 5.02. The van der Waals surface area contributed by atoms with E-state index in [1.165, 1.54) is 0 Å². The summed E-state index contributed by atoms with van der Waals surface area (Å²) in [5, 5.41) is 2.75. The summed E-state index contributed by atoms with van der Waals surface area (Å²) >= 11 is 0. The largest absolute Gasteiger partial charge is 0.323 e. The summed E-state index contributed by atoms with van der Waals surface area (Å²) < 4.78 is 3.56. The molecule has 0 rings (SSSR count). The van der Waals surface area contributed by atoms with Crippen LogP contribution in [-0.2, 0) is 0 Å². The lowest BCUT2D eigenvalue weighted by molar-refractivity contribution is 1.02. The fourth-order valence-corrected chi connectivity index (χ4v) is 0.871. The van der Waals surface area contributed by atoms with Crippen molar-refractivity contribution in [3.63, 3.8) is 0 Å². The van der Waals surface area contributed by atoms with Crippen LogP contribution in [0.2, 0.25) is 0 Å². The summed E-state index contributed by atoms with van der Waals surface area (Å²) in [5.41, 5.74) is 0. The highest BCUT2D eigenvalue weighted by Crippen LogP contribution is 2.06. The highest BCUT2D eigenvalue weighted by Gasteiger charge is 1.57. The van der Waals surface area contributed by atoms with Gasteiger partial charge < -0.3 is 5.32 Å². The molecule has 0 spiro atoms. The fraction of sp³-hybridized carbons (Fsp3) is 1.00. The lowest BCUT2D eigenvalue weighted by atomic mass is 11.3. The van der Waals surface area contributed by atoms with Gasteiger partial charge in [-0.2, -0.15) is 0 Å². The summed E-state index contributed by atoms with van der Waals surface area (Å²) in [5.74, 6) is 0. The maximum atomic E-state index is 3.56. The second-order valence-corrected chi connectivity index (χ2v) is 3.14. The molecule has 0 bridgehead atoms. The van der Waals surface area contributed by atoms with E-state index in [-0.39, 0.29) is 0 Å². The SMILES string of the molecule is CNC.P=NPNP. The minimum Gasteiger partial charge on any atom is -0.323 e. The van der Waals surface area contributed by atoms with Gasteiger partial charge in [-0.15, -0.1) is 0 Å². The average Bonchev–Trinajstić information content (AvgIpc) is 1.71. The Morgan fingerprint density at radius 2 is 2.00 bits per heavy atom. The minimum absolute atomic E-state index is 0.449. The first-order valence-electron chi connectivity index (χ1n) is 1.99. The topological polar surface area (TPSA) is 36.4 Å². The Bertz CT molecular complexity index is 41.5. The first-order chi connectivity index (χ1) is 3.83. The van der Waals surface area contributed by atoms with Crippen molar-refractivity contribution in [3.8, 4) is 0 Å². The van der Waals surface area contributed by atoms with E-state index in [0.717, 1.165) is 0 Å². The standard InChI is InChI=1S/C2H7N.H5N2P3/c1-3-2;3-1-5-2-4/h3H,1-2H3;1,4-5H,3H2. The third-order valence-electron chi connectivity index (χ3n) is 0.120. The number of hydrogen-bond acceptors (Lipinski definition) is 3. The molecule has 0 aromatic rings. The Morgan fingerprint density at radius 3 is 2.00 bits per heavy atom. The Labute approximate surface area is 56.9 Å². The van der Waals surface area contributed by atoms with Gasteiger partial charge in [-0.25, -0.2) is 4.52 Å². The smallest absolute Gasteiger partial charge is 0.0795 e. The number of nitrogens with one attached hydrogen (secondary N) is 2. The zero-order chi connectivity index (χ0) is 6.83. The minimum atomic E-state index is 0.449. The van der Waals surface area contributed by atoms with Gasteiger partial charge in [-0.1, -0.05) is 9.39 Å². The summed E-state index contributed by atoms with van der Waals surface area (Å²) in [6.45, 7) is 0. The van der Waals surface area contributed by atoms with Gasteiger partial charge in [0.1, 0.15) is 0 Å². The van der Waals surface area contributed by atoms with Crippen LogP contribution in [0, 0.1) is 0 Å². The molecule has 0 radical (unpaired) electrons. The van der Waals surface area contributed by atoms with Gasteiger partial charge in [-0.3, -0.25) is 4.86 Å². The predicted molar refractivity (Wildman–Crippen MR) is 46.9 cm³/mol. The van der Waals surface area contributed by atoms with Crippen molar-refractivity contribution < 1.29 is 0 Å². The van der Waals surface area contributed by atoms with Crippen LogP contribution in [0.15, 0.2) is 4.52 Å². The fourth-order valence-electron chi connectivity index (χ4n) is 0.0323. The van der Waals surface area contributed by atoms with Gasteiger partial charge >= 0.3 is 0 Å². The van der Waals surface area contributed by atoms with Crippen LogP contribution >= 0.6 is 27.3 Å². The summed E-state index contributed by atoms with van der Waals surface area (Å²) in [7, 11) is 9.45. The van der Waals surface area contributed by atoms with Crippen molar-refractivity contribution in [3.05, 3.63) is 0 Å². The molecule has 0 saturated carbocycles. The highest BCUT2D eigenvalue weighted by atomic mass is 31.1. The van der Waals surface area contributed by atoms with Gasteiger partial charge in [0.15, 0.2) is 0 Å². The number of nitrogens with zero attached hydrogens (tertiary/aromatic N) is 1. The van der Waals surface area contributed by atoms with Crippen molar-refractivity contribution in [2.45, 2.75) is 0 Å². The quantitative estimate of drug-likeness (QED) is 0.609. The van der Waals surface area contributed by atoms with E-state index in [2.05, 4.69) is 33.1 Å². The van der Waals surface area contributed by atoms with Crippen LogP contribution in [-0.4, -0.2) is 14.1 Å². The molecule has 2 N–H and O–H groups in total. The van der Waals surface area contributed by atoms with Gasteiger partial charge in [0.25, 0.3) is 0 Å². The van der Waals surface area contributed by atoms with Gasteiger partial charge in [0.05, 0.1) is 8.88 Å². The lowest BCUT2D eigenvalue weighted by Crippen LogP contribution is -1.89. The molecular weight excluding hydrogens is 159 g/mol. The Morgan fingerprint density at radius 1 is 1.62 bits per heavy atom. The van der Waals surface area contributed by atoms with Crippen molar-refractivity contribution in [2.75, 3.05) is 14.1 Å². The van der Waals surface area contributed by atoms with Crippen LogP contribution in [0.3, 0.4) is 0 Å². The molecule has 2 unspecified atom stereocenters. The van der Waals surface area contributed by atoms with Crippen molar-refractivity contribution in [1.29, 1.82) is 0 Å². The molecule has 0 fully saturated rings. The number of hydrogen-bond donors (Lipinski definition) is 2. The van der Waals surface area contributed by atoms with E-state index in [4.69, 9.17) is 0 Å². The van der Waals surface area contributed by atoms with Gasteiger partial charge in [-0.05, 0) is 23.1 Å². The van der Waals surface area contributed by atoms with E-state index < -0.39 is 0 Å². The Balaban J connectivity index is 0. The molecule has 50 valence electrons. The molecule has 8 heavy (non-hydrogen) atoms. The van der Waals surface area contributed by atoms with E-state index in [1.54, 1.807) is 0 Å². The van der Waals surface area contributed by atoms with Crippen LogP contribution in [0.5, 0.6) is 0 Å². The van der Waals surface area contributed by atoms with E-state index in [9.17, 15) is 0 Å². The van der Waals surface area contributed by atoms with Crippen molar-refractivity contribution >= 4 is 27.3 Å².